The minimum atomic E-state index is -0.873. The molecule has 0 atom stereocenters. The average molecular weight is 151 g/mol. The van der Waals surface area contributed by atoms with Crippen molar-refractivity contribution < 1.29 is 9.90 Å². The summed E-state index contributed by atoms with van der Waals surface area (Å²) in [5.41, 5.74) is 1.15. The van der Waals surface area contributed by atoms with E-state index in [1.54, 1.807) is 25.3 Å². The molecule has 1 aliphatic heterocycles. The van der Waals surface area contributed by atoms with Crippen LogP contribution >= 0.6 is 0 Å². The van der Waals surface area contributed by atoms with E-state index in [1.807, 2.05) is 0 Å². The lowest BCUT2D eigenvalue weighted by molar-refractivity contribution is -0.132. The number of carboxylic acids is 1. The Kier molecular flexibility index (Phi) is 2.21. The molecule has 11 heavy (non-hydrogen) atoms. The molecule has 1 rings (SSSR count). The first-order valence-corrected chi connectivity index (χ1v) is 3.31. The molecule has 0 radical (unpaired) electrons. The molecule has 0 spiro atoms. The van der Waals surface area contributed by atoms with Crippen molar-refractivity contribution in [2.75, 3.05) is 6.54 Å². The Hall–Kier alpha value is -1.38. The predicted molar refractivity (Wildman–Crippen MR) is 42.8 cm³/mol. The summed E-state index contributed by atoms with van der Waals surface area (Å²) < 4.78 is 0. The number of allylic oxidation sites excluding steroid dienone is 1. The summed E-state index contributed by atoms with van der Waals surface area (Å²) in [5.74, 6) is -0.873. The number of nitrogens with zero attached hydrogens (tertiary/aromatic N) is 1. The number of aliphatic carboxylic acids is 1. The summed E-state index contributed by atoms with van der Waals surface area (Å²) in [6, 6.07) is 0. The molecule has 0 aliphatic carbocycles. The Morgan fingerprint density at radius 1 is 1.73 bits per heavy atom. The van der Waals surface area contributed by atoms with Gasteiger partial charge in [-0.25, -0.2) is 4.79 Å². The third kappa shape index (κ3) is 1.77. The van der Waals surface area contributed by atoms with Gasteiger partial charge in [0, 0.05) is 11.8 Å². The first kappa shape index (κ1) is 7.72. The van der Waals surface area contributed by atoms with Crippen molar-refractivity contribution in [3.05, 3.63) is 23.3 Å². The molecule has 0 unspecified atom stereocenters. The SMILES string of the molecule is CC(C(=O)O)=C1C=CC=NC1. The number of carbonyl (C=O) groups is 1. The number of hydrogen-bond donors (Lipinski definition) is 1. The fourth-order valence-electron chi connectivity index (χ4n) is 0.805. The summed E-state index contributed by atoms with van der Waals surface area (Å²) in [5, 5.41) is 8.59. The van der Waals surface area contributed by atoms with Gasteiger partial charge in [-0.15, -0.1) is 0 Å². The maximum Gasteiger partial charge on any atom is 0.331 e. The monoisotopic (exact) mass is 151 g/mol. The van der Waals surface area contributed by atoms with Gasteiger partial charge in [-0.3, -0.25) is 4.99 Å². The highest BCUT2D eigenvalue weighted by molar-refractivity contribution is 5.88. The molecule has 0 saturated heterocycles. The summed E-state index contributed by atoms with van der Waals surface area (Å²) in [6.07, 6.45) is 5.18. The Balaban J connectivity index is 2.88. The summed E-state index contributed by atoms with van der Waals surface area (Å²) >= 11 is 0. The van der Waals surface area contributed by atoms with E-state index in [-0.39, 0.29) is 0 Å². The molecule has 1 N–H and O–H groups in total. The van der Waals surface area contributed by atoms with Gasteiger partial charge in [-0.1, -0.05) is 6.08 Å². The fraction of sp³-hybridized carbons (Fsp3) is 0.250. The van der Waals surface area contributed by atoms with Gasteiger partial charge >= 0.3 is 5.97 Å². The van der Waals surface area contributed by atoms with Gasteiger partial charge in [-0.05, 0) is 18.6 Å². The number of rotatable bonds is 1. The summed E-state index contributed by atoms with van der Waals surface area (Å²) in [7, 11) is 0. The van der Waals surface area contributed by atoms with Crippen molar-refractivity contribution in [1.82, 2.24) is 0 Å². The second-order valence-electron chi connectivity index (χ2n) is 2.30. The first-order chi connectivity index (χ1) is 5.22. The maximum atomic E-state index is 10.5. The zero-order chi connectivity index (χ0) is 8.27. The van der Waals surface area contributed by atoms with E-state index in [0.29, 0.717) is 12.1 Å². The number of hydrogen-bond acceptors (Lipinski definition) is 2. The van der Waals surface area contributed by atoms with E-state index in [9.17, 15) is 4.79 Å². The van der Waals surface area contributed by atoms with Gasteiger partial charge in [0.25, 0.3) is 0 Å². The lowest BCUT2D eigenvalue weighted by Gasteiger charge is -2.03. The minimum absolute atomic E-state index is 0.373. The molecule has 3 heteroatoms. The molecule has 3 nitrogen and oxygen atoms in total. The lowest BCUT2D eigenvalue weighted by Crippen LogP contribution is -2.03. The van der Waals surface area contributed by atoms with E-state index in [2.05, 4.69) is 4.99 Å². The topological polar surface area (TPSA) is 49.7 Å². The minimum Gasteiger partial charge on any atom is -0.478 e. The highest BCUT2D eigenvalue weighted by atomic mass is 16.4. The van der Waals surface area contributed by atoms with Crippen LogP contribution in [0.2, 0.25) is 0 Å². The first-order valence-electron chi connectivity index (χ1n) is 3.31. The normalized spacial score (nSPS) is 20.1. The van der Waals surface area contributed by atoms with E-state index in [0.717, 1.165) is 5.57 Å². The molecular weight excluding hydrogens is 142 g/mol. The molecule has 0 fully saturated rings. The van der Waals surface area contributed by atoms with Crippen LogP contribution < -0.4 is 0 Å². The van der Waals surface area contributed by atoms with Crippen LogP contribution in [0.3, 0.4) is 0 Å². The quantitative estimate of drug-likeness (QED) is 0.569. The van der Waals surface area contributed by atoms with E-state index in [1.165, 1.54) is 0 Å². The van der Waals surface area contributed by atoms with Crippen LogP contribution in [-0.2, 0) is 4.79 Å². The average Bonchev–Trinajstić information content (AvgIpc) is 2.05. The van der Waals surface area contributed by atoms with Crippen molar-refractivity contribution in [2.24, 2.45) is 4.99 Å². The molecule has 0 aromatic heterocycles. The highest BCUT2D eigenvalue weighted by Gasteiger charge is 2.06. The van der Waals surface area contributed by atoms with Crippen molar-refractivity contribution >= 4 is 12.2 Å². The van der Waals surface area contributed by atoms with Crippen molar-refractivity contribution in [2.45, 2.75) is 6.92 Å². The van der Waals surface area contributed by atoms with Crippen LogP contribution in [0.4, 0.5) is 0 Å². The number of aliphatic imine (C=N–C) groups is 1. The van der Waals surface area contributed by atoms with Gasteiger partial charge in [0.05, 0.1) is 6.54 Å². The van der Waals surface area contributed by atoms with Crippen molar-refractivity contribution in [1.29, 1.82) is 0 Å². The molecule has 1 aliphatic rings. The maximum absolute atomic E-state index is 10.5. The fourth-order valence-corrected chi connectivity index (χ4v) is 0.805. The molecule has 58 valence electrons. The smallest absolute Gasteiger partial charge is 0.331 e. The van der Waals surface area contributed by atoms with Crippen LogP contribution in [0.25, 0.3) is 0 Å². The number of dihydropyridines is 1. The largest absolute Gasteiger partial charge is 0.478 e. The second-order valence-corrected chi connectivity index (χ2v) is 2.30. The predicted octanol–water partition coefficient (Wildman–Crippen LogP) is 1.03. The summed E-state index contributed by atoms with van der Waals surface area (Å²) in [6.45, 7) is 2.07. The molecule has 0 bridgehead atoms. The van der Waals surface area contributed by atoms with E-state index in [4.69, 9.17) is 5.11 Å². The van der Waals surface area contributed by atoms with Crippen molar-refractivity contribution in [3.63, 3.8) is 0 Å². The Labute approximate surface area is 64.8 Å². The van der Waals surface area contributed by atoms with Crippen LogP contribution in [0, 0.1) is 0 Å². The van der Waals surface area contributed by atoms with E-state index < -0.39 is 5.97 Å². The molecule has 0 aromatic rings. The molecule has 0 amide bonds. The molecular formula is C8H9NO2. The Morgan fingerprint density at radius 3 is 2.91 bits per heavy atom. The summed E-state index contributed by atoms with van der Waals surface area (Å²) in [4.78, 5) is 14.4. The Bertz CT molecular complexity index is 261. The molecule has 0 aromatic carbocycles. The standard InChI is InChI=1S/C8H9NO2/c1-6(8(10)11)7-3-2-4-9-5-7/h2-4H,5H2,1H3,(H,10,11). The van der Waals surface area contributed by atoms with E-state index >= 15 is 0 Å². The van der Waals surface area contributed by atoms with Gasteiger partial charge in [0.2, 0.25) is 0 Å². The molecule has 1 heterocycles. The van der Waals surface area contributed by atoms with Crippen LogP contribution in [0.5, 0.6) is 0 Å². The third-order valence-electron chi connectivity index (χ3n) is 1.55. The molecule has 0 saturated carbocycles. The lowest BCUT2D eigenvalue weighted by atomic mass is 10.1. The third-order valence-corrected chi connectivity index (χ3v) is 1.55. The highest BCUT2D eigenvalue weighted by Crippen LogP contribution is 2.08. The van der Waals surface area contributed by atoms with Crippen LogP contribution in [0.1, 0.15) is 6.92 Å². The zero-order valence-electron chi connectivity index (χ0n) is 6.24. The Morgan fingerprint density at radius 2 is 2.45 bits per heavy atom. The van der Waals surface area contributed by atoms with Gasteiger partial charge in [0.1, 0.15) is 0 Å². The van der Waals surface area contributed by atoms with Crippen molar-refractivity contribution in [3.8, 4) is 0 Å². The second kappa shape index (κ2) is 3.14. The van der Waals surface area contributed by atoms with Gasteiger partial charge in [0.15, 0.2) is 0 Å². The van der Waals surface area contributed by atoms with Crippen LogP contribution in [-0.4, -0.2) is 23.8 Å². The van der Waals surface area contributed by atoms with Gasteiger partial charge in [-0.2, -0.15) is 0 Å². The zero-order valence-corrected chi connectivity index (χ0v) is 6.24. The number of carboxylic acid groups (broad SMARTS) is 1. The van der Waals surface area contributed by atoms with Gasteiger partial charge < -0.3 is 5.11 Å². The van der Waals surface area contributed by atoms with Crippen LogP contribution in [0.15, 0.2) is 28.3 Å².